The molecule has 2 unspecified atom stereocenters. The Hall–Kier alpha value is -0.410. The van der Waals surface area contributed by atoms with Crippen LogP contribution in [0.15, 0.2) is 4.99 Å². The lowest BCUT2D eigenvalue weighted by atomic mass is 10.1. The van der Waals surface area contributed by atoms with E-state index in [2.05, 4.69) is 11.9 Å². The van der Waals surface area contributed by atoms with Crippen molar-refractivity contribution >= 4 is 6.21 Å². The van der Waals surface area contributed by atoms with Crippen molar-refractivity contribution in [2.75, 3.05) is 6.54 Å². The molecule has 0 aromatic heterocycles. The van der Waals surface area contributed by atoms with Gasteiger partial charge in [0.05, 0.1) is 0 Å². The maximum atomic E-state index is 9.54. The molecule has 1 aliphatic rings. The molecular weight excluding hydrogens is 200 g/mol. The monoisotopic (exact) mass is 226 g/mol. The van der Waals surface area contributed by atoms with Crippen molar-refractivity contribution in [3.8, 4) is 0 Å². The van der Waals surface area contributed by atoms with Crippen LogP contribution in [-0.4, -0.2) is 35.2 Å². The van der Waals surface area contributed by atoms with Crippen molar-refractivity contribution in [3.05, 3.63) is 0 Å². The molecule has 0 aliphatic carbocycles. The maximum absolute atomic E-state index is 9.54. The highest BCUT2D eigenvalue weighted by Crippen LogP contribution is 2.17. The first-order chi connectivity index (χ1) is 7.75. The van der Waals surface area contributed by atoms with Gasteiger partial charge in [-0.3, -0.25) is 9.89 Å². The number of rotatable bonds is 8. The second-order valence-electron chi connectivity index (χ2n) is 4.70. The van der Waals surface area contributed by atoms with Gasteiger partial charge in [0.2, 0.25) is 0 Å². The van der Waals surface area contributed by atoms with Crippen molar-refractivity contribution in [1.82, 2.24) is 4.90 Å². The van der Waals surface area contributed by atoms with Gasteiger partial charge in [0.15, 0.2) is 0 Å². The van der Waals surface area contributed by atoms with Crippen LogP contribution < -0.4 is 0 Å². The summed E-state index contributed by atoms with van der Waals surface area (Å²) in [5, 5.41) is 9.54. The maximum Gasteiger partial charge on any atom is 0.106 e. The van der Waals surface area contributed by atoms with Gasteiger partial charge in [-0.2, -0.15) is 0 Å². The summed E-state index contributed by atoms with van der Waals surface area (Å²) >= 11 is 0. The molecule has 0 fully saturated rings. The predicted octanol–water partition coefficient (Wildman–Crippen LogP) is 2.79. The molecule has 0 aromatic rings. The van der Waals surface area contributed by atoms with Crippen LogP contribution in [0.3, 0.4) is 0 Å². The molecule has 0 spiro atoms. The summed E-state index contributed by atoms with van der Waals surface area (Å²) in [5.74, 6) is 0. The van der Waals surface area contributed by atoms with Crippen molar-refractivity contribution in [3.63, 3.8) is 0 Å². The lowest BCUT2D eigenvalue weighted by Crippen LogP contribution is -2.37. The summed E-state index contributed by atoms with van der Waals surface area (Å²) < 4.78 is 0. The fourth-order valence-corrected chi connectivity index (χ4v) is 2.22. The molecule has 1 N–H and O–H groups in total. The molecule has 0 aromatic carbocycles. The van der Waals surface area contributed by atoms with E-state index in [4.69, 9.17) is 0 Å². The molecule has 3 nitrogen and oxygen atoms in total. The number of unbranched alkanes of at least 4 members (excludes halogenated alkanes) is 5. The van der Waals surface area contributed by atoms with Gasteiger partial charge in [0.1, 0.15) is 12.4 Å². The summed E-state index contributed by atoms with van der Waals surface area (Å²) in [6.07, 6.45) is 10.8. The van der Waals surface area contributed by atoms with Gasteiger partial charge in [0.25, 0.3) is 0 Å². The lowest BCUT2D eigenvalue weighted by Gasteiger charge is -2.25. The number of nitrogens with zero attached hydrogens (tertiary/aromatic N) is 2. The molecule has 0 bridgehead atoms. The third-order valence-corrected chi connectivity index (χ3v) is 3.25. The van der Waals surface area contributed by atoms with Crippen LogP contribution in [0.4, 0.5) is 0 Å². The number of hydrogen-bond donors (Lipinski definition) is 1. The Morgan fingerprint density at radius 2 is 2.00 bits per heavy atom. The molecule has 3 heteroatoms. The van der Waals surface area contributed by atoms with Crippen LogP contribution >= 0.6 is 0 Å². The molecule has 0 saturated heterocycles. The Kier molecular flexibility index (Phi) is 6.65. The highest BCUT2D eigenvalue weighted by atomic mass is 16.3. The zero-order valence-electron chi connectivity index (χ0n) is 10.7. The van der Waals surface area contributed by atoms with E-state index in [1.165, 1.54) is 38.5 Å². The van der Waals surface area contributed by atoms with Crippen molar-refractivity contribution in [2.45, 2.75) is 71.2 Å². The van der Waals surface area contributed by atoms with Crippen LogP contribution in [0, 0.1) is 0 Å². The van der Waals surface area contributed by atoms with Gasteiger partial charge >= 0.3 is 0 Å². The van der Waals surface area contributed by atoms with Gasteiger partial charge < -0.3 is 5.11 Å². The fraction of sp³-hybridized carbons (Fsp3) is 0.923. The summed E-state index contributed by atoms with van der Waals surface area (Å²) in [6.45, 7) is 4.87. The largest absolute Gasteiger partial charge is 0.379 e. The molecule has 2 atom stereocenters. The summed E-state index contributed by atoms with van der Waals surface area (Å²) in [7, 11) is 0. The molecule has 94 valence electrons. The number of aliphatic imine (C=N–C) groups is 1. The Labute approximate surface area is 99.6 Å². The van der Waals surface area contributed by atoms with Crippen LogP contribution in [0.25, 0.3) is 0 Å². The summed E-state index contributed by atoms with van der Waals surface area (Å²) in [4.78, 5) is 6.46. The van der Waals surface area contributed by atoms with Crippen molar-refractivity contribution < 1.29 is 5.11 Å². The number of aliphatic hydroxyl groups is 1. The first-order valence-corrected chi connectivity index (χ1v) is 6.71. The Bertz CT molecular complexity index is 204. The highest BCUT2D eigenvalue weighted by molar-refractivity contribution is 5.62. The molecule has 0 amide bonds. The minimum Gasteiger partial charge on any atom is -0.379 e. The highest BCUT2D eigenvalue weighted by Gasteiger charge is 2.23. The molecule has 0 saturated carbocycles. The van der Waals surface area contributed by atoms with Crippen LogP contribution in [-0.2, 0) is 0 Å². The van der Waals surface area contributed by atoms with Crippen LogP contribution in [0.1, 0.15) is 58.8 Å². The molecular formula is C13H26N2O. The molecule has 1 aliphatic heterocycles. The van der Waals surface area contributed by atoms with Gasteiger partial charge in [-0.05, 0) is 19.8 Å². The lowest BCUT2D eigenvalue weighted by molar-refractivity contribution is 0.00710. The third-order valence-electron chi connectivity index (χ3n) is 3.25. The summed E-state index contributed by atoms with van der Waals surface area (Å²) in [6, 6.07) is 0. The average Bonchev–Trinajstić information content (AvgIpc) is 2.71. The van der Waals surface area contributed by atoms with E-state index in [0.29, 0.717) is 0 Å². The van der Waals surface area contributed by atoms with E-state index in [9.17, 15) is 5.11 Å². The van der Waals surface area contributed by atoms with Gasteiger partial charge in [-0.1, -0.05) is 39.0 Å². The number of hydrogen-bond acceptors (Lipinski definition) is 3. The van der Waals surface area contributed by atoms with E-state index >= 15 is 0 Å². The van der Waals surface area contributed by atoms with Crippen LogP contribution in [0.2, 0.25) is 0 Å². The minimum absolute atomic E-state index is 0.228. The third kappa shape index (κ3) is 4.62. The zero-order valence-corrected chi connectivity index (χ0v) is 10.7. The standard InChI is InChI=1S/C13H26N2O/c1-3-4-5-6-7-8-9-13-14-10-11-15(13)12(2)16/h10,12-13,16H,3-9,11H2,1-2H3. The van der Waals surface area contributed by atoms with Crippen LogP contribution in [0.5, 0.6) is 0 Å². The zero-order chi connectivity index (χ0) is 11.8. The van der Waals surface area contributed by atoms with E-state index in [1.54, 1.807) is 0 Å². The van der Waals surface area contributed by atoms with Gasteiger partial charge in [0, 0.05) is 12.8 Å². The SMILES string of the molecule is CCCCCCCCC1N=CCN1C(C)O. The van der Waals surface area contributed by atoms with Gasteiger partial charge in [-0.15, -0.1) is 0 Å². The number of aliphatic hydroxyl groups excluding tert-OH is 1. The Morgan fingerprint density at radius 3 is 2.69 bits per heavy atom. The van der Waals surface area contributed by atoms with E-state index in [-0.39, 0.29) is 12.4 Å². The minimum atomic E-state index is -0.368. The molecule has 0 radical (unpaired) electrons. The van der Waals surface area contributed by atoms with Crippen molar-refractivity contribution in [2.24, 2.45) is 4.99 Å². The van der Waals surface area contributed by atoms with Crippen molar-refractivity contribution in [1.29, 1.82) is 0 Å². The Morgan fingerprint density at radius 1 is 1.31 bits per heavy atom. The predicted molar refractivity (Wildman–Crippen MR) is 68.7 cm³/mol. The first-order valence-electron chi connectivity index (χ1n) is 6.71. The van der Waals surface area contributed by atoms with E-state index in [1.807, 2.05) is 18.0 Å². The second-order valence-corrected chi connectivity index (χ2v) is 4.70. The normalized spacial score (nSPS) is 22.8. The molecule has 1 rings (SSSR count). The Balaban J connectivity index is 2.05. The second kappa shape index (κ2) is 7.80. The quantitative estimate of drug-likeness (QED) is 0.646. The summed E-state index contributed by atoms with van der Waals surface area (Å²) in [5.41, 5.74) is 0. The van der Waals surface area contributed by atoms with E-state index < -0.39 is 0 Å². The fourth-order valence-electron chi connectivity index (χ4n) is 2.22. The molecule has 16 heavy (non-hydrogen) atoms. The smallest absolute Gasteiger partial charge is 0.106 e. The van der Waals surface area contributed by atoms with E-state index in [0.717, 1.165) is 13.0 Å². The van der Waals surface area contributed by atoms with Gasteiger partial charge in [-0.25, -0.2) is 0 Å². The average molecular weight is 226 g/mol. The topological polar surface area (TPSA) is 35.8 Å². The first kappa shape index (κ1) is 13.7. The molecule has 1 heterocycles.